The Labute approximate surface area is 91.0 Å². The third-order valence-electron chi connectivity index (χ3n) is 3.02. The molecule has 1 heterocycles. The Morgan fingerprint density at radius 2 is 2.29 bits per heavy atom. The quantitative estimate of drug-likeness (QED) is 0.664. The maximum Gasteiger partial charge on any atom is 0.237 e. The highest BCUT2D eigenvalue weighted by atomic mass is 35.5. The molecule has 0 saturated carbocycles. The molecule has 14 heavy (non-hydrogen) atoms. The standard InChI is InChI=1S/C10H19ClN2O/c1-8(2)12(3)9-4-5-13(7-9)10(14)6-11/h8-9H,4-7H2,1-3H3/t9-/m1/s1. The number of hydrogen-bond acceptors (Lipinski definition) is 2. The molecule has 0 bridgehead atoms. The van der Waals surface area contributed by atoms with Crippen molar-refractivity contribution in [3.05, 3.63) is 0 Å². The maximum atomic E-state index is 11.3. The van der Waals surface area contributed by atoms with Crippen LogP contribution in [-0.4, -0.2) is 53.8 Å². The second kappa shape index (κ2) is 4.99. The minimum Gasteiger partial charge on any atom is -0.340 e. The lowest BCUT2D eigenvalue weighted by atomic mass is 10.2. The molecule has 1 aliphatic rings. The lowest BCUT2D eigenvalue weighted by molar-refractivity contribution is -0.127. The van der Waals surface area contributed by atoms with E-state index in [1.54, 1.807) is 0 Å². The summed E-state index contributed by atoms with van der Waals surface area (Å²) >= 11 is 5.52. The van der Waals surface area contributed by atoms with Gasteiger partial charge in [0.05, 0.1) is 0 Å². The van der Waals surface area contributed by atoms with Gasteiger partial charge in [-0.05, 0) is 27.3 Å². The summed E-state index contributed by atoms with van der Waals surface area (Å²) in [7, 11) is 2.12. The Kier molecular flexibility index (Phi) is 4.20. The summed E-state index contributed by atoms with van der Waals surface area (Å²) in [6.45, 7) is 6.03. The summed E-state index contributed by atoms with van der Waals surface area (Å²) in [5.74, 6) is 0.171. The van der Waals surface area contributed by atoms with E-state index in [0.717, 1.165) is 19.5 Å². The van der Waals surface area contributed by atoms with Gasteiger partial charge in [0.2, 0.25) is 5.91 Å². The summed E-state index contributed by atoms with van der Waals surface area (Å²) in [5.41, 5.74) is 0. The van der Waals surface area contributed by atoms with Crippen LogP contribution in [0.5, 0.6) is 0 Å². The molecule has 0 N–H and O–H groups in total. The first-order chi connectivity index (χ1) is 6.56. The van der Waals surface area contributed by atoms with E-state index in [-0.39, 0.29) is 11.8 Å². The van der Waals surface area contributed by atoms with Crippen molar-refractivity contribution in [1.29, 1.82) is 0 Å². The van der Waals surface area contributed by atoms with Gasteiger partial charge in [-0.15, -0.1) is 11.6 Å². The topological polar surface area (TPSA) is 23.6 Å². The maximum absolute atomic E-state index is 11.3. The summed E-state index contributed by atoms with van der Waals surface area (Å²) in [6.07, 6.45) is 1.07. The molecular formula is C10H19ClN2O. The van der Waals surface area contributed by atoms with Crippen molar-refractivity contribution in [3.63, 3.8) is 0 Å². The van der Waals surface area contributed by atoms with Crippen LogP contribution in [0.1, 0.15) is 20.3 Å². The average Bonchev–Trinajstić information content (AvgIpc) is 2.64. The number of halogens is 1. The van der Waals surface area contributed by atoms with Crippen LogP contribution in [0, 0.1) is 0 Å². The van der Waals surface area contributed by atoms with E-state index >= 15 is 0 Å². The molecule has 1 atom stereocenters. The number of likely N-dealkylation sites (N-methyl/N-ethyl adjacent to an activating group) is 1. The fourth-order valence-electron chi connectivity index (χ4n) is 1.81. The van der Waals surface area contributed by atoms with Gasteiger partial charge in [-0.25, -0.2) is 0 Å². The number of alkyl halides is 1. The zero-order valence-electron chi connectivity index (χ0n) is 9.16. The van der Waals surface area contributed by atoms with Gasteiger partial charge in [0, 0.05) is 25.2 Å². The first-order valence-corrected chi connectivity index (χ1v) is 5.65. The number of likely N-dealkylation sites (tertiary alicyclic amines) is 1. The predicted molar refractivity (Wildman–Crippen MR) is 58.6 cm³/mol. The summed E-state index contributed by atoms with van der Waals surface area (Å²) < 4.78 is 0. The number of hydrogen-bond donors (Lipinski definition) is 0. The lowest BCUT2D eigenvalue weighted by Gasteiger charge is -2.28. The molecule has 4 heteroatoms. The SMILES string of the molecule is CC(C)N(C)[C@@H]1CCN(C(=O)CCl)C1. The fourth-order valence-corrected chi connectivity index (χ4v) is 1.98. The first kappa shape index (κ1) is 11.8. The van der Waals surface area contributed by atoms with E-state index in [0.29, 0.717) is 12.1 Å². The number of carbonyl (C=O) groups is 1. The van der Waals surface area contributed by atoms with E-state index in [4.69, 9.17) is 11.6 Å². The van der Waals surface area contributed by atoms with Gasteiger partial charge in [-0.3, -0.25) is 9.69 Å². The average molecular weight is 219 g/mol. The van der Waals surface area contributed by atoms with Gasteiger partial charge < -0.3 is 4.90 Å². The van der Waals surface area contributed by atoms with Crippen LogP contribution < -0.4 is 0 Å². The van der Waals surface area contributed by atoms with Crippen LogP contribution in [0.25, 0.3) is 0 Å². The molecule has 1 aliphatic heterocycles. The Morgan fingerprint density at radius 1 is 1.64 bits per heavy atom. The molecule has 0 spiro atoms. The van der Waals surface area contributed by atoms with E-state index in [1.165, 1.54) is 0 Å². The van der Waals surface area contributed by atoms with Crippen LogP contribution in [0.4, 0.5) is 0 Å². The zero-order chi connectivity index (χ0) is 10.7. The van der Waals surface area contributed by atoms with Gasteiger partial charge in [0.25, 0.3) is 0 Å². The molecule has 0 aromatic heterocycles. The lowest BCUT2D eigenvalue weighted by Crippen LogP contribution is -2.40. The van der Waals surface area contributed by atoms with Crippen molar-refractivity contribution in [2.45, 2.75) is 32.4 Å². The number of amides is 1. The van der Waals surface area contributed by atoms with Gasteiger partial charge in [-0.1, -0.05) is 0 Å². The number of rotatable bonds is 3. The molecule has 0 aromatic rings. The second-order valence-electron chi connectivity index (χ2n) is 4.18. The van der Waals surface area contributed by atoms with Crippen molar-refractivity contribution in [2.24, 2.45) is 0 Å². The Balaban J connectivity index is 2.45. The molecular weight excluding hydrogens is 200 g/mol. The minimum absolute atomic E-state index is 0.0614. The first-order valence-electron chi connectivity index (χ1n) is 5.12. The molecule has 0 aliphatic carbocycles. The van der Waals surface area contributed by atoms with E-state index in [2.05, 4.69) is 25.8 Å². The predicted octanol–water partition coefficient (Wildman–Crippen LogP) is 1.17. The highest BCUT2D eigenvalue weighted by Gasteiger charge is 2.28. The van der Waals surface area contributed by atoms with Crippen molar-refractivity contribution in [1.82, 2.24) is 9.80 Å². The third-order valence-corrected chi connectivity index (χ3v) is 3.25. The van der Waals surface area contributed by atoms with Crippen LogP contribution in [0.15, 0.2) is 0 Å². The molecule has 1 amide bonds. The van der Waals surface area contributed by atoms with Crippen LogP contribution in [0.3, 0.4) is 0 Å². The highest BCUT2D eigenvalue weighted by Crippen LogP contribution is 2.16. The second-order valence-corrected chi connectivity index (χ2v) is 4.44. The summed E-state index contributed by atoms with van der Waals surface area (Å²) in [5, 5.41) is 0. The van der Waals surface area contributed by atoms with E-state index in [1.807, 2.05) is 4.90 Å². The number of carbonyl (C=O) groups excluding carboxylic acids is 1. The Bertz CT molecular complexity index is 208. The van der Waals surface area contributed by atoms with Crippen LogP contribution in [0.2, 0.25) is 0 Å². The molecule has 1 fully saturated rings. The molecule has 82 valence electrons. The zero-order valence-corrected chi connectivity index (χ0v) is 9.92. The largest absolute Gasteiger partial charge is 0.340 e. The third kappa shape index (κ3) is 2.61. The van der Waals surface area contributed by atoms with Crippen molar-refractivity contribution < 1.29 is 4.79 Å². The van der Waals surface area contributed by atoms with Crippen molar-refractivity contribution in [2.75, 3.05) is 26.0 Å². The Morgan fingerprint density at radius 3 is 2.79 bits per heavy atom. The number of nitrogens with zero attached hydrogens (tertiary/aromatic N) is 2. The minimum atomic E-state index is 0.0614. The molecule has 3 nitrogen and oxygen atoms in total. The van der Waals surface area contributed by atoms with Gasteiger partial charge >= 0.3 is 0 Å². The molecule has 0 aromatic carbocycles. The van der Waals surface area contributed by atoms with Gasteiger partial charge in [0.15, 0.2) is 0 Å². The molecule has 1 saturated heterocycles. The van der Waals surface area contributed by atoms with Gasteiger partial charge in [0.1, 0.15) is 5.88 Å². The molecule has 0 unspecified atom stereocenters. The van der Waals surface area contributed by atoms with Gasteiger partial charge in [-0.2, -0.15) is 0 Å². The van der Waals surface area contributed by atoms with Crippen molar-refractivity contribution >= 4 is 17.5 Å². The highest BCUT2D eigenvalue weighted by molar-refractivity contribution is 6.27. The normalized spacial score (nSPS) is 22.4. The summed E-state index contributed by atoms with van der Waals surface area (Å²) in [4.78, 5) is 15.5. The smallest absolute Gasteiger partial charge is 0.237 e. The molecule has 1 rings (SSSR count). The monoisotopic (exact) mass is 218 g/mol. The molecule has 0 radical (unpaired) electrons. The van der Waals surface area contributed by atoms with Crippen molar-refractivity contribution in [3.8, 4) is 0 Å². The summed E-state index contributed by atoms with van der Waals surface area (Å²) in [6, 6.07) is 1.04. The van der Waals surface area contributed by atoms with E-state index < -0.39 is 0 Å². The fraction of sp³-hybridized carbons (Fsp3) is 0.900. The van der Waals surface area contributed by atoms with Crippen LogP contribution in [-0.2, 0) is 4.79 Å². The van der Waals surface area contributed by atoms with Crippen LogP contribution >= 0.6 is 11.6 Å². The Hall–Kier alpha value is -0.280. The van der Waals surface area contributed by atoms with E-state index in [9.17, 15) is 4.79 Å².